The van der Waals surface area contributed by atoms with Crippen LogP contribution < -0.4 is 16.2 Å². The van der Waals surface area contributed by atoms with Gasteiger partial charge in [-0.1, -0.05) is 6.08 Å². The monoisotopic (exact) mass is 434 g/mol. The summed E-state index contributed by atoms with van der Waals surface area (Å²) in [7, 11) is 0. The Morgan fingerprint density at radius 1 is 1.22 bits per heavy atom. The fraction of sp³-hybridized carbons (Fsp3) is 0.273. The molecule has 0 bridgehead atoms. The predicted molar refractivity (Wildman–Crippen MR) is 120 cm³/mol. The Bertz CT molecular complexity index is 1310. The minimum absolute atomic E-state index is 0.218. The molecule has 1 saturated heterocycles. The van der Waals surface area contributed by atoms with Crippen LogP contribution in [0.3, 0.4) is 0 Å². The molecule has 3 aromatic heterocycles. The highest BCUT2D eigenvalue weighted by molar-refractivity contribution is 5.77. The van der Waals surface area contributed by atoms with Gasteiger partial charge in [0.1, 0.15) is 11.2 Å². The number of nitrogens with one attached hydrogen (secondary N) is 2. The van der Waals surface area contributed by atoms with Crippen molar-refractivity contribution in [2.24, 2.45) is 0 Å². The van der Waals surface area contributed by atoms with Gasteiger partial charge in [0.25, 0.3) is 5.56 Å². The summed E-state index contributed by atoms with van der Waals surface area (Å²) in [5.74, 6) is 0.571. The Morgan fingerprint density at radius 3 is 2.75 bits per heavy atom. The number of piperidine rings is 1. The molecule has 5 rings (SSSR count). The van der Waals surface area contributed by atoms with E-state index in [1.54, 1.807) is 27.6 Å². The van der Waals surface area contributed by atoms with Gasteiger partial charge in [-0.05, 0) is 50.2 Å². The number of rotatable bonds is 6. The Balaban J connectivity index is 1.58. The quantitative estimate of drug-likeness (QED) is 0.453. The van der Waals surface area contributed by atoms with Crippen LogP contribution in [0.5, 0.6) is 0 Å². The minimum atomic E-state index is -0.327. The zero-order valence-corrected chi connectivity index (χ0v) is 17.4. The molecule has 0 amide bonds. The number of hydrogen-bond acceptors (Lipinski definition) is 6. The Morgan fingerprint density at radius 2 is 2.00 bits per heavy atom. The summed E-state index contributed by atoms with van der Waals surface area (Å²) < 4.78 is 18.4. The second-order valence-electron chi connectivity index (χ2n) is 7.69. The maximum Gasteiger partial charge on any atom is 0.278 e. The topological polar surface area (TPSA) is 94.6 Å². The highest BCUT2D eigenvalue weighted by atomic mass is 19.1. The first kappa shape index (κ1) is 20.1. The maximum absolute atomic E-state index is 13.2. The molecular weight excluding hydrogens is 411 g/mol. The summed E-state index contributed by atoms with van der Waals surface area (Å²) in [5, 5.41) is 11.6. The van der Waals surface area contributed by atoms with Crippen LogP contribution in [-0.2, 0) is 6.54 Å². The van der Waals surface area contributed by atoms with Gasteiger partial charge in [-0.3, -0.25) is 9.48 Å². The third-order valence-corrected chi connectivity index (χ3v) is 5.57. The van der Waals surface area contributed by atoms with E-state index in [4.69, 9.17) is 5.10 Å². The van der Waals surface area contributed by atoms with Gasteiger partial charge in [0, 0.05) is 24.1 Å². The summed E-state index contributed by atoms with van der Waals surface area (Å²) in [6.45, 7) is 5.99. The molecule has 1 aliphatic heterocycles. The number of anilines is 2. The van der Waals surface area contributed by atoms with Gasteiger partial charge in [0.15, 0.2) is 11.5 Å². The second-order valence-corrected chi connectivity index (χ2v) is 7.69. The van der Waals surface area contributed by atoms with E-state index in [1.807, 2.05) is 16.9 Å². The fourth-order valence-electron chi connectivity index (χ4n) is 3.99. The van der Waals surface area contributed by atoms with Crippen LogP contribution in [0.25, 0.3) is 16.9 Å². The summed E-state index contributed by atoms with van der Waals surface area (Å²) >= 11 is 0. The van der Waals surface area contributed by atoms with Crippen LogP contribution in [0.1, 0.15) is 18.9 Å². The first-order valence-electron chi connectivity index (χ1n) is 10.5. The molecule has 1 fully saturated rings. The molecule has 10 heteroatoms. The third kappa shape index (κ3) is 3.69. The molecule has 1 aliphatic rings. The molecule has 1 aromatic carbocycles. The molecule has 0 radical (unpaired) electrons. The molecule has 32 heavy (non-hydrogen) atoms. The van der Waals surface area contributed by atoms with Crippen LogP contribution in [0.15, 0.2) is 60.2 Å². The SMILES string of the molecule is C=CCn1c(=O)c2cnc(Nc3ccc(F)cc3)nc2n1-c1ccn(C2CCNCC2)n1. The molecule has 0 saturated carbocycles. The Hall–Kier alpha value is -3.79. The zero-order chi connectivity index (χ0) is 22.1. The number of benzene rings is 1. The molecule has 0 spiro atoms. The minimum Gasteiger partial charge on any atom is -0.324 e. The number of allylic oxidation sites excluding steroid dienone is 1. The number of fused-ring (bicyclic) bond motifs is 1. The van der Waals surface area contributed by atoms with Gasteiger partial charge in [0.05, 0.1) is 12.6 Å². The average molecular weight is 434 g/mol. The largest absolute Gasteiger partial charge is 0.324 e. The van der Waals surface area contributed by atoms with Crippen molar-refractivity contribution in [2.75, 3.05) is 18.4 Å². The molecule has 9 nitrogen and oxygen atoms in total. The van der Waals surface area contributed by atoms with E-state index in [2.05, 4.69) is 27.2 Å². The van der Waals surface area contributed by atoms with Crippen molar-refractivity contribution in [2.45, 2.75) is 25.4 Å². The standard InChI is InChI=1S/C22H23FN8O/c1-2-12-30-21(32)18-14-25-22(26-16-5-3-15(23)4-6-16)27-20(18)31(30)19-9-13-29(28-19)17-7-10-24-11-8-17/h2-6,9,13-14,17,24H,1,7-8,10-12H2,(H,25,26,27). The van der Waals surface area contributed by atoms with Crippen LogP contribution in [0, 0.1) is 5.82 Å². The van der Waals surface area contributed by atoms with Gasteiger partial charge < -0.3 is 10.6 Å². The molecule has 0 unspecified atom stereocenters. The van der Waals surface area contributed by atoms with Crippen molar-refractivity contribution < 1.29 is 4.39 Å². The van der Waals surface area contributed by atoms with E-state index >= 15 is 0 Å². The van der Waals surface area contributed by atoms with Crippen LogP contribution >= 0.6 is 0 Å². The number of nitrogens with zero attached hydrogens (tertiary/aromatic N) is 6. The number of hydrogen-bond donors (Lipinski definition) is 2. The van der Waals surface area contributed by atoms with E-state index < -0.39 is 0 Å². The van der Waals surface area contributed by atoms with Crippen LogP contribution in [0.2, 0.25) is 0 Å². The smallest absolute Gasteiger partial charge is 0.278 e. The lowest BCUT2D eigenvalue weighted by Crippen LogP contribution is -2.29. The molecule has 2 N–H and O–H groups in total. The highest BCUT2D eigenvalue weighted by Crippen LogP contribution is 2.21. The van der Waals surface area contributed by atoms with Gasteiger partial charge in [-0.15, -0.1) is 6.58 Å². The first-order valence-corrected chi connectivity index (χ1v) is 10.5. The van der Waals surface area contributed by atoms with Crippen molar-refractivity contribution in [1.82, 2.24) is 34.4 Å². The Kier molecular flexibility index (Phi) is 5.28. The van der Waals surface area contributed by atoms with Crippen molar-refractivity contribution in [3.8, 4) is 5.82 Å². The van der Waals surface area contributed by atoms with E-state index in [1.165, 1.54) is 18.3 Å². The lowest BCUT2D eigenvalue weighted by Gasteiger charge is -2.22. The normalized spacial score (nSPS) is 14.7. The predicted octanol–water partition coefficient (Wildman–Crippen LogP) is 2.77. The Labute approximate surface area is 183 Å². The fourth-order valence-corrected chi connectivity index (χ4v) is 3.99. The number of aromatic nitrogens is 6. The molecule has 4 aromatic rings. The van der Waals surface area contributed by atoms with Crippen molar-refractivity contribution in [3.63, 3.8) is 0 Å². The van der Waals surface area contributed by atoms with Crippen LogP contribution in [-0.4, -0.2) is 42.2 Å². The van der Waals surface area contributed by atoms with E-state index in [0.717, 1.165) is 25.9 Å². The first-order chi connectivity index (χ1) is 15.6. The van der Waals surface area contributed by atoms with Gasteiger partial charge in [0.2, 0.25) is 5.95 Å². The summed E-state index contributed by atoms with van der Waals surface area (Å²) in [5.41, 5.74) is 0.858. The highest BCUT2D eigenvalue weighted by Gasteiger charge is 2.21. The van der Waals surface area contributed by atoms with E-state index in [0.29, 0.717) is 41.1 Å². The number of halogens is 1. The lowest BCUT2D eigenvalue weighted by atomic mass is 10.1. The van der Waals surface area contributed by atoms with Crippen LogP contribution in [0.4, 0.5) is 16.0 Å². The van der Waals surface area contributed by atoms with E-state index in [-0.39, 0.29) is 11.4 Å². The summed E-state index contributed by atoms with van der Waals surface area (Å²) in [6.07, 6.45) is 7.10. The lowest BCUT2D eigenvalue weighted by molar-refractivity contribution is 0.342. The van der Waals surface area contributed by atoms with E-state index in [9.17, 15) is 9.18 Å². The molecule has 4 heterocycles. The van der Waals surface area contributed by atoms with Crippen molar-refractivity contribution >= 4 is 22.7 Å². The summed E-state index contributed by atoms with van der Waals surface area (Å²) in [6, 6.07) is 8.10. The van der Waals surface area contributed by atoms with Gasteiger partial charge >= 0.3 is 0 Å². The third-order valence-electron chi connectivity index (χ3n) is 5.57. The second kappa shape index (κ2) is 8.39. The maximum atomic E-state index is 13.2. The van der Waals surface area contributed by atoms with Gasteiger partial charge in [-0.2, -0.15) is 10.1 Å². The average Bonchev–Trinajstić information content (AvgIpc) is 3.40. The van der Waals surface area contributed by atoms with Gasteiger partial charge in [-0.25, -0.2) is 18.7 Å². The molecule has 0 aliphatic carbocycles. The molecular formula is C22H23FN8O. The summed E-state index contributed by atoms with van der Waals surface area (Å²) in [4.78, 5) is 21.9. The van der Waals surface area contributed by atoms with Crippen molar-refractivity contribution in [3.05, 3.63) is 71.6 Å². The molecule has 0 atom stereocenters. The zero-order valence-electron chi connectivity index (χ0n) is 17.4. The molecule has 164 valence electrons. The van der Waals surface area contributed by atoms with Crippen molar-refractivity contribution in [1.29, 1.82) is 0 Å².